The highest BCUT2D eigenvalue weighted by Gasteiger charge is 2.24. The fourth-order valence-electron chi connectivity index (χ4n) is 3.72. The van der Waals surface area contributed by atoms with Crippen molar-refractivity contribution in [3.05, 3.63) is 65.6 Å². The Bertz CT molecular complexity index is 1350. The zero-order chi connectivity index (χ0) is 22.1. The summed E-state index contributed by atoms with van der Waals surface area (Å²) in [6.07, 6.45) is 4.40. The minimum Gasteiger partial charge on any atom is -0.384 e. The molecule has 3 heterocycles. The van der Waals surface area contributed by atoms with Gasteiger partial charge >= 0.3 is 0 Å². The van der Waals surface area contributed by atoms with Crippen molar-refractivity contribution in [3.63, 3.8) is 0 Å². The Morgan fingerprint density at radius 1 is 1.25 bits per heavy atom. The number of rotatable bonds is 5. The molecule has 2 aromatic carbocycles. The van der Waals surface area contributed by atoms with Crippen LogP contribution in [-0.2, 0) is 6.42 Å². The first-order valence-corrected chi connectivity index (χ1v) is 10.2. The maximum Gasteiger partial charge on any atom is 0.281 e. The molecule has 0 radical (unpaired) electrons. The number of hydrogen-bond acceptors (Lipinski definition) is 7. The van der Waals surface area contributed by atoms with E-state index in [0.29, 0.717) is 17.2 Å². The molecule has 0 saturated heterocycles. The van der Waals surface area contributed by atoms with E-state index in [1.807, 2.05) is 19.1 Å². The standard InChI is InChI=1S/C23H20FN7O/c1-14(9-11-25-2)21-20(28-30-31(21)19-6-4-3-5-17(19)24)23-27-22(29-32-23)16-7-8-18-15(13-16)10-12-26-18/h3-9,11,13,26H,10,12H2,1-2H3/b14-9+,25-11-. The van der Waals surface area contributed by atoms with Crippen molar-refractivity contribution >= 4 is 17.5 Å². The lowest BCUT2D eigenvalue weighted by molar-refractivity contribution is 0.431. The number of benzene rings is 2. The quantitative estimate of drug-likeness (QED) is 0.478. The molecular formula is C23H20FN7O. The number of hydrogen-bond donors (Lipinski definition) is 1. The first-order chi connectivity index (χ1) is 15.7. The molecule has 0 spiro atoms. The Morgan fingerprint density at radius 3 is 2.97 bits per heavy atom. The number of halogens is 1. The van der Waals surface area contributed by atoms with Crippen LogP contribution in [0.4, 0.5) is 10.1 Å². The van der Waals surface area contributed by atoms with Gasteiger partial charge in [-0.15, -0.1) is 5.10 Å². The van der Waals surface area contributed by atoms with Crippen molar-refractivity contribution in [1.29, 1.82) is 0 Å². The van der Waals surface area contributed by atoms with Gasteiger partial charge < -0.3 is 9.84 Å². The lowest BCUT2D eigenvalue weighted by atomic mass is 10.1. The van der Waals surface area contributed by atoms with Crippen molar-refractivity contribution in [2.24, 2.45) is 4.99 Å². The number of aliphatic imine (C=N–C) groups is 1. The van der Waals surface area contributed by atoms with Crippen molar-refractivity contribution in [3.8, 4) is 28.7 Å². The molecule has 1 aliphatic rings. The van der Waals surface area contributed by atoms with Crippen molar-refractivity contribution in [1.82, 2.24) is 25.1 Å². The van der Waals surface area contributed by atoms with E-state index in [2.05, 4.69) is 36.8 Å². The molecule has 160 valence electrons. The van der Waals surface area contributed by atoms with Gasteiger partial charge in [-0.2, -0.15) is 4.98 Å². The third kappa shape index (κ3) is 3.47. The zero-order valence-corrected chi connectivity index (χ0v) is 17.6. The van der Waals surface area contributed by atoms with Gasteiger partial charge in [0, 0.05) is 31.1 Å². The SMILES string of the molecule is C/N=C\C=C(/C)c1c(-c2nc(-c3ccc4c(c3)CCN4)no2)nnn1-c1ccccc1F. The number of nitrogens with one attached hydrogen (secondary N) is 1. The Morgan fingerprint density at radius 2 is 2.12 bits per heavy atom. The second-order valence-corrected chi connectivity index (χ2v) is 7.38. The third-order valence-corrected chi connectivity index (χ3v) is 5.30. The van der Waals surface area contributed by atoms with Gasteiger partial charge in [-0.1, -0.05) is 22.5 Å². The summed E-state index contributed by atoms with van der Waals surface area (Å²) >= 11 is 0. The maximum absolute atomic E-state index is 14.5. The molecule has 0 fully saturated rings. The monoisotopic (exact) mass is 429 g/mol. The summed E-state index contributed by atoms with van der Waals surface area (Å²) in [4.78, 5) is 8.56. The first kappa shape index (κ1) is 19.8. The van der Waals surface area contributed by atoms with Crippen LogP contribution in [0.5, 0.6) is 0 Å². The normalized spacial score (nSPS) is 13.5. The molecule has 9 heteroatoms. The molecule has 1 aliphatic heterocycles. The summed E-state index contributed by atoms with van der Waals surface area (Å²) in [7, 11) is 1.67. The summed E-state index contributed by atoms with van der Waals surface area (Å²) in [6, 6.07) is 12.4. The lowest BCUT2D eigenvalue weighted by Gasteiger charge is -2.08. The molecule has 0 amide bonds. The Hall–Kier alpha value is -4.14. The number of allylic oxidation sites excluding steroid dienone is 2. The molecule has 32 heavy (non-hydrogen) atoms. The van der Waals surface area contributed by atoms with E-state index in [4.69, 9.17) is 4.52 Å². The number of nitrogens with zero attached hydrogens (tertiary/aromatic N) is 6. The highest BCUT2D eigenvalue weighted by atomic mass is 19.1. The highest BCUT2D eigenvalue weighted by molar-refractivity contribution is 5.86. The van der Waals surface area contributed by atoms with Crippen LogP contribution >= 0.6 is 0 Å². The Kier molecular flexibility index (Phi) is 5.06. The maximum atomic E-state index is 14.5. The van der Waals surface area contributed by atoms with Crippen LogP contribution in [-0.4, -0.2) is 44.9 Å². The predicted octanol–water partition coefficient (Wildman–Crippen LogP) is 4.20. The predicted molar refractivity (Wildman–Crippen MR) is 120 cm³/mol. The molecule has 4 aromatic rings. The van der Waals surface area contributed by atoms with Gasteiger partial charge in [-0.05, 0) is 60.9 Å². The van der Waals surface area contributed by atoms with Crippen LogP contribution in [0.2, 0.25) is 0 Å². The Balaban J connectivity index is 1.61. The second-order valence-electron chi connectivity index (χ2n) is 7.38. The summed E-state index contributed by atoms with van der Waals surface area (Å²) in [5, 5.41) is 15.9. The summed E-state index contributed by atoms with van der Waals surface area (Å²) in [5.74, 6) is 0.246. The third-order valence-electron chi connectivity index (χ3n) is 5.30. The van der Waals surface area contributed by atoms with Gasteiger partial charge in [-0.25, -0.2) is 9.07 Å². The minimum atomic E-state index is -0.417. The van der Waals surface area contributed by atoms with Gasteiger partial charge in [0.25, 0.3) is 5.89 Å². The number of fused-ring (bicyclic) bond motifs is 1. The molecule has 8 nitrogen and oxygen atoms in total. The summed E-state index contributed by atoms with van der Waals surface area (Å²) < 4.78 is 21.5. The zero-order valence-electron chi connectivity index (χ0n) is 17.6. The number of aromatic nitrogens is 5. The second kappa shape index (κ2) is 8.18. The van der Waals surface area contributed by atoms with Crippen LogP contribution < -0.4 is 5.32 Å². The van der Waals surface area contributed by atoms with Gasteiger partial charge in [0.1, 0.15) is 17.2 Å². The fraction of sp³-hybridized carbons (Fsp3) is 0.174. The smallest absolute Gasteiger partial charge is 0.281 e. The van der Waals surface area contributed by atoms with E-state index in [0.717, 1.165) is 29.8 Å². The van der Waals surface area contributed by atoms with Crippen molar-refractivity contribution in [2.45, 2.75) is 13.3 Å². The molecule has 0 bridgehead atoms. The van der Waals surface area contributed by atoms with Crippen LogP contribution in [0.15, 0.2) is 58.1 Å². The fourth-order valence-corrected chi connectivity index (χ4v) is 3.72. The van der Waals surface area contributed by atoms with Crippen LogP contribution in [0, 0.1) is 5.82 Å². The average molecular weight is 429 g/mol. The first-order valence-electron chi connectivity index (χ1n) is 10.2. The summed E-state index contributed by atoms with van der Waals surface area (Å²) in [5.41, 5.74) is 5.16. The molecule has 0 unspecified atom stereocenters. The van der Waals surface area contributed by atoms with E-state index >= 15 is 0 Å². The lowest BCUT2D eigenvalue weighted by Crippen LogP contribution is -2.04. The number of para-hydroxylation sites is 1. The summed E-state index contributed by atoms with van der Waals surface area (Å²) in [6.45, 7) is 2.79. The topological polar surface area (TPSA) is 94.0 Å². The van der Waals surface area contributed by atoms with Crippen LogP contribution in [0.3, 0.4) is 0 Å². The van der Waals surface area contributed by atoms with Crippen molar-refractivity contribution < 1.29 is 8.91 Å². The molecular weight excluding hydrogens is 409 g/mol. The molecule has 5 rings (SSSR count). The van der Waals surface area contributed by atoms with Gasteiger partial charge in [0.05, 0.1) is 0 Å². The van der Waals surface area contributed by atoms with Crippen LogP contribution in [0.25, 0.3) is 34.2 Å². The molecule has 0 aliphatic carbocycles. The molecule has 1 N–H and O–H groups in total. The largest absolute Gasteiger partial charge is 0.384 e. The van der Waals surface area contributed by atoms with Crippen molar-refractivity contribution in [2.75, 3.05) is 18.9 Å². The van der Waals surface area contributed by atoms with E-state index in [9.17, 15) is 4.39 Å². The molecule has 2 aromatic heterocycles. The van der Waals surface area contributed by atoms with Crippen LogP contribution in [0.1, 0.15) is 18.2 Å². The molecule has 0 saturated carbocycles. The molecule has 0 atom stereocenters. The van der Waals surface area contributed by atoms with Gasteiger partial charge in [-0.3, -0.25) is 4.99 Å². The minimum absolute atomic E-state index is 0.206. The van der Waals surface area contributed by atoms with E-state index in [1.165, 1.54) is 16.3 Å². The van der Waals surface area contributed by atoms with E-state index < -0.39 is 5.82 Å². The number of anilines is 1. The van der Waals surface area contributed by atoms with E-state index in [-0.39, 0.29) is 11.6 Å². The highest BCUT2D eigenvalue weighted by Crippen LogP contribution is 2.31. The Labute approximate surface area is 183 Å². The van der Waals surface area contributed by atoms with E-state index in [1.54, 1.807) is 37.5 Å². The van der Waals surface area contributed by atoms with Gasteiger partial charge in [0.2, 0.25) is 5.82 Å². The average Bonchev–Trinajstić information content (AvgIpc) is 3.56. The van der Waals surface area contributed by atoms with Gasteiger partial charge in [0.15, 0.2) is 5.69 Å².